The molecule has 1 saturated heterocycles. The van der Waals surface area contributed by atoms with Gasteiger partial charge in [-0.25, -0.2) is 15.0 Å². The standard InChI is InChI=1S/C20H24N8S/c1-13-15(2-3-16(21)26-13)29-18-11-23-17(10-24-18)27-8-5-20(6-9-27)12-28-14(19(20)22)4-7-25-28/h2-4,7,10-11,19H,5-6,8-9,12,22H2,1H3,(H2,21,26)/t19-/m1/s1. The number of aromatic nitrogens is 5. The summed E-state index contributed by atoms with van der Waals surface area (Å²) in [4.78, 5) is 16.9. The molecule has 1 fully saturated rings. The molecule has 1 spiro atoms. The van der Waals surface area contributed by atoms with Crippen LogP contribution >= 0.6 is 11.8 Å². The van der Waals surface area contributed by atoms with Crippen LogP contribution in [0.15, 0.2) is 46.7 Å². The normalized spacial score (nSPS) is 20.2. The fraction of sp³-hybridized carbons (Fsp3) is 0.400. The molecule has 1 atom stereocenters. The van der Waals surface area contributed by atoms with E-state index in [2.05, 4.69) is 29.6 Å². The van der Waals surface area contributed by atoms with Gasteiger partial charge in [-0.3, -0.25) is 4.68 Å². The van der Waals surface area contributed by atoms with Crippen LogP contribution in [0, 0.1) is 12.3 Å². The van der Waals surface area contributed by atoms with Crippen molar-refractivity contribution in [2.45, 2.75) is 42.3 Å². The van der Waals surface area contributed by atoms with Gasteiger partial charge in [-0.2, -0.15) is 5.10 Å². The lowest BCUT2D eigenvalue weighted by Gasteiger charge is -2.41. The number of hydrogen-bond donors (Lipinski definition) is 2. The summed E-state index contributed by atoms with van der Waals surface area (Å²) in [5.41, 5.74) is 14.5. The van der Waals surface area contributed by atoms with Gasteiger partial charge in [-0.15, -0.1) is 0 Å². The monoisotopic (exact) mass is 408 g/mol. The quantitative estimate of drug-likeness (QED) is 0.679. The minimum Gasteiger partial charge on any atom is -0.384 e. The Kier molecular flexibility index (Phi) is 4.44. The molecule has 2 aliphatic heterocycles. The maximum absolute atomic E-state index is 6.58. The second kappa shape index (κ2) is 7.00. The number of hydrogen-bond acceptors (Lipinski definition) is 8. The highest BCUT2D eigenvalue weighted by molar-refractivity contribution is 7.99. The van der Waals surface area contributed by atoms with E-state index < -0.39 is 0 Å². The topological polar surface area (TPSA) is 112 Å². The Morgan fingerprint density at radius 1 is 1.14 bits per heavy atom. The van der Waals surface area contributed by atoms with Gasteiger partial charge in [0.1, 0.15) is 16.7 Å². The number of piperidine rings is 1. The van der Waals surface area contributed by atoms with Gasteiger partial charge in [0, 0.05) is 36.1 Å². The second-order valence-electron chi connectivity index (χ2n) is 7.88. The molecular weight excluding hydrogens is 384 g/mol. The van der Waals surface area contributed by atoms with Crippen LogP contribution in [0.2, 0.25) is 0 Å². The highest BCUT2D eigenvalue weighted by Gasteiger charge is 2.46. The smallest absolute Gasteiger partial charge is 0.147 e. The molecule has 29 heavy (non-hydrogen) atoms. The number of aryl methyl sites for hydroxylation is 1. The van der Waals surface area contributed by atoms with Crippen molar-refractivity contribution in [3.05, 3.63) is 48.2 Å². The first-order valence-electron chi connectivity index (χ1n) is 9.79. The van der Waals surface area contributed by atoms with Gasteiger partial charge >= 0.3 is 0 Å². The van der Waals surface area contributed by atoms with E-state index in [1.165, 1.54) is 0 Å². The molecule has 0 saturated carbocycles. The number of nitrogens with zero attached hydrogens (tertiary/aromatic N) is 6. The molecule has 4 N–H and O–H groups in total. The first kappa shape index (κ1) is 18.4. The lowest BCUT2D eigenvalue weighted by molar-refractivity contribution is 0.170. The van der Waals surface area contributed by atoms with Crippen LogP contribution in [0.3, 0.4) is 0 Å². The first-order chi connectivity index (χ1) is 14.0. The third kappa shape index (κ3) is 3.24. The molecule has 8 nitrogen and oxygen atoms in total. The van der Waals surface area contributed by atoms with Crippen LogP contribution in [0.4, 0.5) is 11.6 Å². The second-order valence-corrected chi connectivity index (χ2v) is 8.94. The predicted molar refractivity (Wildman–Crippen MR) is 113 cm³/mol. The van der Waals surface area contributed by atoms with Gasteiger partial charge in [0.2, 0.25) is 0 Å². The summed E-state index contributed by atoms with van der Waals surface area (Å²) in [5, 5.41) is 5.26. The van der Waals surface area contributed by atoms with Crippen molar-refractivity contribution in [1.29, 1.82) is 0 Å². The summed E-state index contributed by atoms with van der Waals surface area (Å²) in [6.45, 7) is 4.73. The van der Waals surface area contributed by atoms with Gasteiger partial charge in [-0.05, 0) is 38.0 Å². The van der Waals surface area contributed by atoms with Crippen molar-refractivity contribution >= 4 is 23.4 Å². The van der Waals surface area contributed by atoms with E-state index in [9.17, 15) is 0 Å². The molecular formula is C20H24N8S. The van der Waals surface area contributed by atoms with Gasteiger partial charge in [0.15, 0.2) is 0 Å². The zero-order valence-electron chi connectivity index (χ0n) is 16.3. The van der Waals surface area contributed by atoms with Crippen LogP contribution in [0.25, 0.3) is 0 Å². The average Bonchev–Trinajstić information content (AvgIpc) is 3.27. The molecule has 5 rings (SSSR count). The van der Waals surface area contributed by atoms with Crippen molar-refractivity contribution in [2.75, 3.05) is 23.7 Å². The third-order valence-electron chi connectivity index (χ3n) is 6.16. The van der Waals surface area contributed by atoms with E-state index in [0.717, 1.165) is 59.6 Å². The molecule has 0 unspecified atom stereocenters. The molecule has 5 heterocycles. The average molecular weight is 409 g/mol. The number of anilines is 2. The number of nitrogen functional groups attached to an aromatic ring is 1. The maximum atomic E-state index is 6.58. The molecule has 2 aliphatic rings. The van der Waals surface area contributed by atoms with Gasteiger partial charge in [0.25, 0.3) is 0 Å². The van der Waals surface area contributed by atoms with Crippen molar-refractivity contribution in [3.63, 3.8) is 0 Å². The summed E-state index contributed by atoms with van der Waals surface area (Å²) in [5.74, 6) is 1.45. The molecule has 0 aromatic carbocycles. The van der Waals surface area contributed by atoms with Crippen molar-refractivity contribution in [1.82, 2.24) is 24.7 Å². The van der Waals surface area contributed by atoms with Crippen molar-refractivity contribution < 1.29 is 0 Å². The van der Waals surface area contributed by atoms with Crippen LogP contribution in [0.1, 0.15) is 30.3 Å². The molecule has 9 heteroatoms. The van der Waals surface area contributed by atoms with Crippen LogP contribution < -0.4 is 16.4 Å². The number of pyridine rings is 1. The predicted octanol–water partition coefficient (Wildman–Crippen LogP) is 2.41. The number of fused-ring (bicyclic) bond motifs is 1. The Morgan fingerprint density at radius 3 is 2.66 bits per heavy atom. The molecule has 0 aliphatic carbocycles. The Labute approximate surface area is 173 Å². The van der Waals surface area contributed by atoms with Crippen LogP contribution in [-0.4, -0.2) is 37.8 Å². The Hall–Kier alpha value is -2.65. The van der Waals surface area contributed by atoms with Gasteiger partial charge < -0.3 is 16.4 Å². The summed E-state index contributed by atoms with van der Waals surface area (Å²) < 4.78 is 2.07. The van der Waals surface area contributed by atoms with E-state index in [-0.39, 0.29) is 11.5 Å². The molecule has 3 aromatic rings. The zero-order valence-corrected chi connectivity index (χ0v) is 17.1. The fourth-order valence-electron chi connectivity index (χ4n) is 4.41. The van der Waals surface area contributed by atoms with E-state index >= 15 is 0 Å². The molecule has 0 radical (unpaired) electrons. The minimum absolute atomic E-state index is 0.0637. The number of nitrogens with two attached hydrogens (primary N) is 2. The third-order valence-corrected chi connectivity index (χ3v) is 7.23. The maximum Gasteiger partial charge on any atom is 0.147 e. The lowest BCUT2D eigenvalue weighted by Crippen LogP contribution is -2.45. The van der Waals surface area contributed by atoms with E-state index in [1.807, 2.05) is 37.6 Å². The Balaban J connectivity index is 1.24. The van der Waals surface area contributed by atoms with Crippen LogP contribution in [-0.2, 0) is 6.54 Å². The van der Waals surface area contributed by atoms with Gasteiger partial charge in [-0.1, -0.05) is 11.8 Å². The minimum atomic E-state index is 0.0637. The highest BCUT2D eigenvalue weighted by Crippen LogP contribution is 2.47. The van der Waals surface area contributed by atoms with Crippen LogP contribution in [0.5, 0.6) is 0 Å². The summed E-state index contributed by atoms with van der Waals surface area (Å²) in [6, 6.07) is 5.89. The fourth-order valence-corrected chi connectivity index (χ4v) is 5.18. The highest BCUT2D eigenvalue weighted by atomic mass is 32.2. The Bertz CT molecular complexity index is 1020. The molecule has 0 amide bonds. The van der Waals surface area contributed by atoms with E-state index in [0.29, 0.717) is 5.82 Å². The largest absolute Gasteiger partial charge is 0.384 e. The summed E-state index contributed by atoms with van der Waals surface area (Å²) in [6.07, 6.45) is 7.60. The zero-order chi connectivity index (χ0) is 20.0. The lowest BCUT2D eigenvalue weighted by atomic mass is 9.73. The van der Waals surface area contributed by atoms with Crippen molar-refractivity contribution in [3.8, 4) is 0 Å². The summed E-state index contributed by atoms with van der Waals surface area (Å²) >= 11 is 1.55. The number of rotatable bonds is 3. The van der Waals surface area contributed by atoms with E-state index in [4.69, 9.17) is 11.5 Å². The Morgan fingerprint density at radius 2 is 1.97 bits per heavy atom. The van der Waals surface area contributed by atoms with Crippen molar-refractivity contribution in [2.24, 2.45) is 11.1 Å². The molecule has 3 aromatic heterocycles. The molecule has 150 valence electrons. The first-order valence-corrected chi connectivity index (χ1v) is 10.6. The molecule has 0 bridgehead atoms. The summed E-state index contributed by atoms with van der Waals surface area (Å²) in [7, 11) is 0. The SMILES string of the molecule is Cc1nc(N)ccc1Sc1cnc(N2CCC3(CC2)Cn2nccc2[C@H]3N)cn1. The van der Waals surface area contributed by atoms with Gasteiger partial charge in [0.05, 0.1) is 29.8 Å². The van der Waals surface area contributed by atoms with E-state index in [1.54, 1.807) is 17.8 Å².